The Morgan fingerprint density at radius 3 is 0.930 bits per heavy atom. The van der Waals surface area contributed by atoms with E-state index < -0.39 is 97.5 Å². The maximum atomic E-state index is 13.1. The van der Waals surface area contributed by atoms with Crippen molar-refractivity contribution in [3.05, 3.63) is 122 Å². The zero-order valence-electron chi connectivity index (χ0n) is 62.6. The predicted molar refractivity (Wildman–Crippen MR) is 408 cm³/mol. The number of unbranched alkanes of at least 4 members (excludes halogenated alkanes) is 27. The third-order valence-electron chi connectivity index (χ3n) is 15.9. The molecule has 0 spiro atoms. The number of phosphoric acid groups is 2. The molecule has 0 aliphatic rings. The van der Waals surface area contributed by atoms with E-state index >= 15 is 0 Å². The summed E-state index contributed by atoms with van der Waals surface area (Å²) in [5.41, 5.74) is 0. The van der Waals surface area contributed by atoms with Crippen molar-refractivity contribution in [2.75, 3.05) is 39.6 Å². The molecule has 0 bridgehead atoms. The monoisotopic (exact) mass is 1440 g/mol. The molecular weight excluding hydrogens is 1310 g/mol. The number of phosphoric ester groups is 2. The first-order valence-electron chi connectivity index (χ1n) is 38.8. The molecule has 0 rings (SSSR count). The number of esters is 4. The van der Waals surface area contributed by atoms with Crippen molar-refractivity contribution >= 4 is 39.5 Å². The summed E-state index contributed by atoms with van der Waals surface area (Å²) in [6.45, 7) is 4.46. The molecule has 0 aromatic carbocycles. The minimum Gasteiger partial charge on any atom is -0.462 e. The highest BCUT2D eigenvalue weighted by molar-refractivity contribution is 7.47. The molecule has 5 atom stereocenters. The molecular formula is C81H138O17P2. The quantitative estimate of drug-likeness (QED) is 0.0169. The van der Waals surface area contributed by atoms with E-state index in [0.29, 0.717) is 25.7 Å². The van der Waals surface area contributed by atoms with Crippen LogP contribution in [-0.4, -0.2) is 96.7 Å². The normalized spacial score (nSPS) is 14.6. The van der Waals surface area contributed by atoms with Gasteiger partial charge in [-0.1, -0.05) is 297 Å². The number of carbonyl (C=O) groups excluding carboxylic acids is 4. The maximum Gasteiger partial charge on any atom is 0.472 e. The topological polar surface area (TPSA) is 237 Å². The second kappa shape index (κ2) is 72.8. The SMILES string of the molecule is CC/C=C\C/C=C\C/C=C\C/C=C\C/C=C\CC(=O)OCC(COP(=O)(O)OCC(O)COP(=O)(O)OCC(COC(=O)CCCCCCCCC/C=C\C/C=C\C/C=C\CC)OC(=O)CCCCCCCCCCCCCCCCC)OC(=O)CCCCCCC/C=C\C/C=C\CCC. The summed E-state index contributed by atoms with van der Waals surface area (Å²) in [7, 11) is -9.98. The van der Waals surface area contributed by atoms with Gasteiger partial charge in [-0.25, -0.2) is 9.13 Å². The minimum absolute atomic E-state index is 0.0575. The predicted octanol–water partition coefficient (Wildman–Crippen LogP) is 22.3. The van der Waals surface area contributed by atoms with Crippen LogP contribution >= 0.6 is 15.6 Å². The summed E-state index contributed by atoms with van der Waals surface area (Å²) in [6, 6.07) is 0. The number of hydrogen-bond acceptors (Lipinski definition) is 15. The van der Waals surface area contributed by atoms with Gasteiger partial charge in [0.05, 0.1) is 32.8 Å². The smallest absolute Gasteiger partial charge is 0.462 e. The van der Waals surface area contributed by atoms with Crippen LogP contribution in [0.2, 0.25) is 0 Å². The van der Waals surface area contributed by atoms with E-state index in [2.05, 4.69) is 125 Å². The Kier molecular flexibility index (Phi) is 69.5. The van der Waals surface area contributed by atoms with Crippen molar-refractivity contribution in [1.82, 2.24) is 0 Å². The van der Waals surface area contributed by atoms with Crippen LogP contribution in [0.3, 0.4) is 0 Å². The molecule has 5 unspecified atom stereocenters. The lowest BCUT2D eigenvalue weighted by atomic mass is 10.0. The van der Waals surface area contributed by atoms with Gasteiger partial charge in [-0.05, 0) is 109 Å². The molecule has 100 heavy (non-hydrogen) atoms. The maximum absolute atomic E-state index is 13.1. The van der Waals surface area contributed by atoms with Gasteiger partial charge in [0.1, 0.15) is 19.3 Å². The standard InChI is InChI=1S/C81H138O17P2/c1-5-9-13-17-21-25-29-33-36-37-40-43-46-50-54-58-62-66-79(84)92-72-77(98-81(86)68-64-60-56-52-48-44-39-35-31-27-23-19-15-11-7-3)74-96-100(89,90)94-70-75(82)69-93-99(87,88)95-73-76(97-80(85)67-63-59-55-51-47-41-32-28-24-20-16-12-8-4)71-91-78(83)65-61-57-53-49-45-42-38-34-30-26-22-18-14-10-6-2/h9-10,13-14,16,20-22,25-26,28,32-34,36,38,45,49,57,61,75-77,82H,5-8,11-12,15,17-19,23-24,27,29-31,35,37,39-44,46-48,50-56,58-60,62-74H2,1-4H3,(H,87,88)(H,89,90)/b13-9-,14-10-,20-16-,25-21-,26-22-,32-28-,36-33-,38-34-,49-45-,61-57-. The zero-order valence-corrected chi connectivity index (χ0v) is 64.4. The molecule has 17 nitrogen and oxygen atoms in total. The first-order chi connectivity index (χ1) is 48.7. The Morgan fingerprint density at radius 1 is 0.300 bits per heavy atom. The third kappa shape index (κ3) is 71.8. The van der Waals surface area contributed by atoms with Crippen LogP contribution in [0.5, 0.6) is 0 Å². The molecule has 574 valence electrons. The molecule has 0 aromatic heterocycles. The molecule has 0 radical (unpaired) electrons. The van der Waals surface area contributed by atoms with E-state index in [1.165, 1.54) is 64.2 Å². The Hall–Kier alpha value is -4.54. The molecule has 0 aliphatic carbocycles. The highest BCUT2D eigenvalue weighted by atomic mass is 31.2. The Balaban J connectivity index is 5.41. The van der Waals surface area contributed by atoms with Crippen LogP contribution in [0.25, 0.3) is 0 Å². The lowest BCUT2D eigenvalue weighted by Gasteiger charge is -2.21. The average Bonchev–Trinajstić information content (AvgIpc) is 0.937. The van der Waals surface area contributed by atoms with Crippen molar-refractivity contribution in [2.45, 2.75) is 329 Å². The molecule has 0 fully saturated rings. The molecule has 0 heterocycles. The second-order valence-electron chi connectivity index (χ2n) is 25.6. The van der Waals surface area contributed by atoms with Crippen LogP contribution in [0.15, 0.2) is 122 Å². The Labute approximate surface area is 606 Å². The minimum atomic E-state index is -5.00. The van der Waals surface area contributed by atoms with Crippen LogP contribution in [-0.2, 0) is 65.4 Å². The first kappa shape index (κ1) is 95.5. The summed E-state index contributed by atoms with van der Waals surface area (Å²) in [4.78, 5) is 72.8. The van der Waals surface area contributed by atoms with Crippen molar-refractivity contribution in [2.24, 2.45) is 0 Å². The van der Waals surface area contributed by atoms with E-state index in [4.69, 9.17) is 37.0 Å². The molecule has 0 saturated carbocycles. The van der Waals surface area contributed by atoms with Gasteiger partial charge in [-0.3, -0.25) is 37.3 Å². The van der Waals surface area contributed by atoms with Crippen molar-refractivity contribution in [3.8, 4) is 0 Å². The van der Waals surface area contributed by atoms with Gasteiger partial charge in [-0.2, -0.15) is 0 Å². The Bertz CT molecular complexity index is 2370. The number of aliphatic hydroxyl groups excluding tert-OH is 1. The zero-order chi connectivity index (χ0) is 73.2. The van der Waals surface area contributed by atoms with Crippen LogP contribution in [0, 0.1) is 0 Å². The van der Waals surface area contributed by atoms with Crippen LogP contribution in [0.1, 0.15) is 310 Å². The fourth-order valence-electron chi connectivity index (χ4n) is 10.1. The molecule has 0 aliphatic heterocycles. The van der Waals surface area contributed by atoms with Crippen molar-refractivity contribution < 1.29 is 80.2 Å². The summed E-state index contributed by atoms with van der Waals surface area (Å²) in [5.74, 6) is -2.34. The van der Waals surface area contributed by atoms with Crippen molar-refractivity contribution in [1.29, 1.82) is 0 Å². The molecule has 0 aromatic rings. The van der Waals surface area contributed by atoms with E-state index in [1.54, 1.807) is 6.08 Å². The van der Waals surface area contributed by atoms with Gasteiger partial charge in [0.25, 0.3) is 0 Å². The Morgan fingerprint density at radius 2 is 0.580 bits per heavy atom. The fraction of sp³-hybridized carbons (Fsp3) is 0.704. The summed E-state index contributed by atoms with van der Waals surface area (Å²) >= 11 is 0. The first-order valence-corrected chi connectivity index (χ1v) is 41.8. The summed E-state index contributed by atoms with van der Waals surface area (Å²) < 4.78 is 68.4. The number of ether oxygens (including phenoxy) is 4. The summed E-state index contributed by atoms with van der Waals surface area (Å²) in [5, 5.41) is 10.6. The van der Waals surface area contributed by atoms with E-state index in [1.807, 2.05) is 18.2 Å². The molecule has 19 heteroatoms. The number of aliphatic hydroxyl groups is 1. The van der Waals surface area contributed by atoms with Gasteiger partial charge in [0.2, 0.25) is 0 Å². The summed E-state index contributed by atoms with van der Waals surface area (Å²) in [6.07, 6.45) is 79.3. The lowest BCUT2D eigenvalue weighted by Crippen LogP contribution is -2.30. The number of hydrogen-bond donors (Lipinski definition) is 3. The van der Waals surface area contributed by atoms with Crippen LogP contribution in [0.4, 0.5) is 0 Å². The van der Waals surface area contributed by atoms with E-state index in [9.17, 15) is 43.2 Å². The number of carbonyl (C=O) groups is 4. The van der Waals surface area contributed by atoms with Gasteiger partial charge < -0.3 is 33.8 Å². The van der Waals surface area contributed by atoms with Crippen LogP contribution < -0.4 is 0 Å². The van der Waals surface area contributed by atoms with E-state index in [-0.39, 0.29) is 25.7 Å². The number of rotatable bonds is 72. The van der Waals surface area contributed by atoms with Gasteiger partial charge >= 0.3 is 39.5 Å². The molecule has 0 amide bonds. The molecule has 3 N–H and O–H groups in total. The van der Waals surface area contributed by atoms with Gasteiger partial charge in [-0.15, -0.1) is 0 Å². The fourth-order valence-corrected chi connectivity index (χ4v) is 11.7. The van der Waals surface area contributed by atoms with E-state index in [0.717, 1.165) is 167 Å². The average molecular weight is 1450 g/mol. The number of allylic oxidation sites excluding steroid dienone is 19. The molecule has 0 saturated heterocycles. The highest BCUT2D eigenvalue weighted by Crippen LogP contribution is 2.45. The highest BCUT2D eigenvalue weighted by Gasteiger charge is 2.30. The largest absolute Gasteiger partial charge is 0.472 e. The third-order valence-corrected chi connectivity index (χ3v) is 17.8. The van der Waals surface area contributed by atoms with Gasteiger partial charge in [0, 0.05) is 19.3 Å². The second-order valence-corrected chi connectivity index (χ2v) is 28.5. The van der Waals surface area contributed by atoms with Gasteiger partial charge in [0.15, 0.2) is 12.2 Å². The lowest BCUT2D eigenvalue weighted by molar-refractivity contribution is -0.161. The van der Waals surface area contributed by atoms with Crippen molar-refractivity contribution in [3.63, 3.8) is 0 Å².